The number of rotatable bonds is 2. The van der Waals surface area contributed by atoms with Gasteiger partial charge in [-0.3, -0.25) is 0 Å². The molecular formula is C5H10N. The Kier molecular flexibility index (Phi) is 4.19. The van der Waals surface area contributed by atoms with Crippen LogP contribution in [0.3, 0.4) is 0 Å². The molecule has 0 saturated heterocycles. The number of unbranched alkanes of at least 4 members (excludes halogenated alkanes) is 1. The van der Waals surface area contributed by atoms with E-state index in [4.69, 9.17) is 5.73 Å². The molecule has 0 heterocycles. The molecule has 0 spiro atoms. The van der Waals surface area contributed by atoms with Crippen molar-refractivity contribution in [3.8, 4) is 0 Å². The number of nitrogens with one attached hydrogen (secondary N) is 1. The van der Waals surface area contributed by atoms with E-state index in [1.54, 1.807) is 0 Å². The second-order valence-corrected chi connectivity index (χ2v) is 1.19. The molecule has 0 aromatic carbocycles. The van der Waals surface area contributed by atoms with Crippen molar-refractivity contribution in [1.29, 1.82) is 0 Å². The Morgan fingerprint density at radius 1 is 1.67 bits per heavy atom. The van der Waals surface area contributed by atoms with E-state index in [9.17, 15) is 0 Å². The number of hydrogen-bond donors (Lipinski definition) is 0. The van der Waals surface area contributed by atoms with Gasteiger partial charge in [-0.2, -0.15) is 0 Å². The van der Waals surface area contributed by atoms with Crippen molar-refractivity contribution in [2.45, 2.75) is 19.8 Å². The van der Waals surface area contributed by atoms with Crippen molar-refractivity contribution in [2.24, 2.45) is 0 Å². The van der Waals surface area contributed by atoms with Crippen LogP contribution in [0.1, 0.15) is 19.8 Å². The smallest absolute Gasteiger partial charge is 0.0137 e. The molecule has 0 fully saturated rings. The molecule has 0 aliphatic heterocycles. The van der Waals surface area contributed by atoms with Gasteiger partial charge in [-0.1, -0.05) is 19.4 Å². The molecule has 6 heavy (non-hydrogen) atoms. The summed E-state index contributed by atoms with van der Waals surface area (Å²) in [5.74, 6) is 0. The summed E-state index contributed by atoms with van der Waals surface area (Å²) in [6.45, 7) is 2.10. The molecule has 0 aliphatic rings. The van der Waals surface area contributed by atoms with E-state index >= 15 is 0 Å². The van der Waals surface area contributed by atoms with Gasteiger partial charge in [0.25, 0.3) is 0 Å². The van der Waals surface area contributed by atoms with Crippen molar-refractivity contribution >= 4 is 0 Å². The third kappa shape index (κ3) is 3.54. The minimum absolute atomic E-state index is 1.05. The Balaban J connectivity index is 2.66. The van der Waals surface area contributed by atoms with Crippen LogP contribution in [-0.2, 0) is 0 Å². The maximum Gasteiger partial charge on any atom is 0.0137 e. The molecular weight excluding hydrogens is 74.1 g/mol. The van der Waals surface area contributed by atoms with Crippen molar-refractivity contribution < 1.29 is 0 Å². The van der Waals surface area contributed by atoms with Crippen LogP contribution in [0.25, 0.3) is 0 Å². The summed E-state index contributed by atoms with van der Waals surface area (Å²) in [6.07, 6.45) is 5.38. The summed E-state index contributed by atoms with van der Waals surface area (Å²) < 4.78 is 0. The second kappa shape index (κ2) is 4.54. The Morgan fingerprint density at radius 3 is 2.50 bits per heavy atom. The third-order valence-corrected chi connectivity index (χ3v) is 0.573. The first-order valence-electron chi connectivity index (χ1n) is 2.24. The van der Waals surface area contributed by atoms with Gasteiger partial charge in [0, 0.05) is 6.20 Å². The zero-order chi connectivity index (χ0) is 4.83. The molecule has 0 rings (SSSR count). The van der Waals surface area contributed by atoms with E-state index in [-0.39, 0.29) is 0 Å². The Morgan fingerprint density at radius 2 is 2.33 bits per heavy atom. The third-order valence-electron chi connectivity index (χ3n) is 0.573. The van der Waals surface area contributed by atoms with Gasteiger partial charge < -0.3 is 5.73 Å². The summed E-state index contributed by atoms with van der Waals surface area (Å²) in [7, 11) is 0. The van der Waals surface area contributed by atoms with Gasteiger partial charge in [-0.05, 0) is 6.42 Å². The first-order valence-corrected chi connectivity index (χ1v) is 2.24. The first kappa shape index (κ1) is 5.54. The summed E-state index contributed by atoms with van der Waals surface area (Å²) in [4.78, 5) is 0. The lowest BCUT2D eigenvalue weighted by molar-refractivity contribution is 0.955. The van der Waals surface area contributed by atoms with E-state index in [2.05, 4.69) is 6.92 Å². The van der Waals surface area contributed by atoms with E-state index in [1.807, 2.05) is 6.08 Å². The van der Waals surface area contributed by atoms with Gasteiger partial charge in [0.1, 0.15) is 0 Å². The Bertz CT molecular complexity index is 39.2. The number of hydrogen-bond acceptors (Lipinski definition) is 0. The van der Waals surface area contributed by atoms with E-state index < -0.39 is 0 Å². The average Bonchev–Trinajstić information content (AvgIpc) is 1.61. The predicted molar refractivity (Wildman–Crippen MR) is 27.1 cm³/mol. The molecule has 1 radical (unpaired) electrons. The highest BCUT2D eigenvalue weighted by atomic mass is 14.5. The van der Waals surface area contributed by atoms with Crippen LogP contribution in [0.15, 0.2) is 12.3 Å². The lowest BCUT2D eigenvalue weighted by Crippen LogP contribution is -1.59. The monoisotopic (exact) mass is 84.1 g/mol. The molecule has 1 N–H and O–H groups in total. The van der Waals surface area contributed by atoms with Crippen molar-refractivity contribution in [3.63, 3.8) is 0 Å². The maximum atomic E-state index is 6.53. The van der Waals surface area contributed by atoms with Gasteiger partial charge in [0.2, 0.25) is 0 Å². The van der Waals surface area contributed by atoms with Crippen molar-refractivity contribution in [2.75, 3.05) is 0 Å². The summed E-state index contributed by atoms with van der Waals surface area (Å²) >= 11 is 0. The second-order valence-electron chi connectivity index (χ2n) is 1.19. The van der Waals surface area contributed by atoms with Crippen LogP contribution in [0.2, 0.25) is 0 Å². The molecule has 35 valence electrons. The summed E-state index contributed by atoms with van der Waals surface area (Å²) in [6, 6.07) is 0. The fraction of sp³-hybridized carbons (Fsp3) is 0.600. The fourth-order valence-corrected chi connectivity index (χ4v) is 0.250. The highest BCUT2D eigenvalue weighted by molar-refractivity contribution is 4.73. The van der Waals surface area contributed by atoms with Crippen molar-refractivity contribution in [1.82, 2.24) is 5.73 Å². The minimum atomic E-state index is 1.05. The zero-order valence-corrected chi connectivity index (χ0v) is 4.07. The van der Waals surface area contributed by atoms with E-state index in [0.717, 1.165) is 12.8 Å². The highest BCUT2D eigenvalue weighted by Crippen LogP contribution is 1.84. The molecule has 1 nitrogen and oxygen atoms in total. The standard InChI is InChI=1S/C5H10N/c1-2-3-4-5-6/h4-6H,2-3H2,1H3/b5-4+. The lowest BCUT2D eigenvalue weighted by Gasteiger charge is -1.75. The average molecular weight is 84.1 g/mol. The molecule has 0 unspecified atom stereocenters. The number of allylic oxidation sites excluding steroid dienone is 1. The molecule has 0 amide bonds. The molecule has 1 heteroatoms. The van der Waals surface area contributed by atoms with Crippen LogP contribution in [0.4, 0.5) is 0 Å². The van der Waals surface area contributed by atoms with Crippen LogP contribution in [0.5, 0.6) is 0 Å². The summed E-state index contributed by atoms with van der Waals surface area (Å²) in [5.41, 5.74) is 6.53. The van der Waals surface area contributed by atoms with Crippen molar-refractivity contribution in [3.05, 3.63) is 12.3 Å². The first-order chi connectivity index (χ1) is 2.91. The van der Waals surface area contributed by atoms with Crippen LogP contribution in [0, 0.1) is 0 Å². The van der Waals surface area contributed by atoms with Crippen LogP contribution < -0.4 is 5.73 Å². The highest BCUT2D eigenvalue weighted by Gasteiger charge is 1.65. The lowest BCUT2D eigenvalue weighted by atomic mass is 10.3. The Labute approximate surface area is 38.8 Å². The predicted octanol–water partition coefficient (Wildman–Crippen LogP) is 1.58. The van der Waals surface area contributed by atoms with Gasteiger partial charge in [-0.15, -0.1) is 0 Å². The van der Waals surface area contributed by atoms with Crippen LogP contribution in [-0.4, -0.2) is 0 Å². The van der Waals surface area contributed by atoms with Gasteiger partial charge >= 0.3 is 0 Å². The molecule has 0 saturated carbocycles. The quantitative estimate of drug-likeness (QED) is 0.485. The van der Waals surface area contributed by atoms with Crippen LogP contribution >= 0.6 is 0 Å². The van der Waals surface area contributed by atoms with E-state index in [1.165, 1.54) is 6.20 Å². The van der Waals surface area contributed by atoms with E-state index in [0.29, 0.717) is 0 Å². The topological polar surface area (TPSA) is 23.8 Å². The molecule has 0 atom stereocenters. The van der Waals surface area contributed by atoms with Gasteiger partial charge in [-0.25, -0.2) is 0 Å². The molecule has 0 aromatic rings. The van der Waals surface area contributed by atoms with Gasteiger partial charge in [0.15, 0.2) is 0 Å². The minimum Gasteiger partial charge on any atom is -0.309 e. The maximum absolute atomic E-state index is 6.53. The van der Waals surface area contributed by atoms with Gasteiger partial charge in [0.05, 0.1) is 0 Å². The Hall–Kier alpha value is -0.460. The molecule has 0 aromatic heterocycles. The summed E-state index contributed by atoms with van der Waals surface area (Å²) in [5, 5.41) is 0. The molecule has 0 aliphatic carbocycles. The SMILES string of the molecule is CCC/C=C/[NH]. The zero-order valence-electron chi connectivity index (χ0n) is 4.07. The normalized spacial score (nSPS) is 10.2. The molecule has 0 bridgehead atoms. The fourth-order valence-electron chi connectivity index (χ4n) is 0.250. The largest absolute Gasteiger partial charge is 0.309 e.